The smallest absolute Gasteiger partial charge is 0.217 e. The monoisotopic (exact) mass is 301 g/mol. The number of Topliss-reactive ketones (excluding diaryl/α,β-unsaturated/α-hetero) is 1. The summed E-state index contributed by atoms with van der Waals surface area (Å²) in [6, 6.07) is 9.84. The summed E-state index contributed by atoms with van der Waals surface area (Å²) in [5.41, 5.74) is 1.72. The number of anilines is 1. The van der Waals surface area contributed by atoms with Crippen molar-refractivity contribution < 1.29 is 18.0 Å². The van der Waals surface area contributed by atoms with Crippen LogP contribution in [0.2, 0.25) is 0 Å². The van der Waals surface area contributed by atoms with Crippen molar-refractivity contribution in [3.8, 4) is 0 Å². The minimum Gasteiger partial charge on any atom is -0.453 e. The van der Waals surface area contributed by atoms with E-state index < -0.39 is 0 Å². The highest BCUT2D eigenvalue weighted by Gasteiger charge is 2.17. The number of hydrogen-bond acceptors (Lipinski definition) is 3. The molecule has 0 amide bonds. The SMILES string of the molecule is Cc1c(C(=O)CNc2ccc(F)cc2)oc2ccc(F)cc12. The van der Waals surface area contributed by atoms with E-state index in [-0.39, 0.29) is 29.7 Å². The van der Waals surface area contributed by atoms with Crippen molar-refractivity contribution >= 4 is 22.4 Å². The zero-order valence-corrected chi connectivity index (χ0v) is 11.8. The Labute approximate surface area is 125 Å². The molecule has 0 spiro atoms. The standard InChI is InChI=1S/C17H13F2NO2/c1-10-14-8-12(19)4-7-16(14)22-17(10)15(21)9-20-13-5-2-11(18)3-6-13/h2-8,20H,9H2,1H3. The lowest BCUT2D eigenvalue weighted by atomic mass is 10.1. The van der Waals surface area contributed by atoms with Gasteiger partial charge in [-0.1, -0.05) is 0 Å². The highest BCUT2D eigenvalue weighted by molar-refractivity contribution is 6.02. The molecule has 5 heteroatoms. The molecule has 3 nitrogen and oxygen atoms in total. The van der Waals surface area contributed by atoms with Gasteiger partial charge in [-0.2, -0.15) is 0 Å². The maximum absolute atomic E-state index is 13.3. The Morgan fingerprint density at radius 3 is 2.50 bits per heavy atom. The molecule has 112 valence electrons. The number of ketones is 1. The Morgan fingerprint density at radius 1 is 1.09 bits per heavy atom. The molecular weight excluding hydrogens is 288 g/mol. The number of nitrogens with one attached hydrogen (secondary N) is 1. The average molecular weight is 301 g/mol. The first-order valence-corrected chi connectivity index (χ1v) is 6.76. The van der Waals surface area contributed by atoms with Gasteiger partial charge in [0.25, 0.3) is 0 Å². The van der Waals surface area contributed by atoms with Gasteiger partial charge in [0.2, 0.25) is 5.78 Å². The molecule has 0 saturated heterocycles. The van der Waals surface area contributed by atoms with Gasteiger partial charge in [0.1, 0.15) is 17.2 Å². The molecule has 0 atom stereocenters. The third-order valence-electron chi connectivity index (χ3n) is 3.45. The average Bonchev–Trinajstić information content (AvgIpc) is 2.83. The summed E-state index contributed by atoms with van der Waals surface area (Å²) < 4.78 is 31.6. The number of carbonyl (C=O) groups excluding carboxylic acids is 1. The second kappa shape index (κ2) is 5.60. The second-order valence-electron chi connectivity index (χ2n) is 4.98. The Balaban J connectivity index is 1.80. The molecule has 0 aliphatic rings. The summed E-state index contributed by atoms with van der Waals surface area (Å²) in [5, 5.41) is 3.49. The molecule has 1 aromatic heterocycles. The third-order valence-corrected chi connectivity index (χ3v) is 3.45. The predicted octanol–water partition coefficient (Wildman–Crippen LogP) is 4.31. The number of halogens is 2. The number of hydrogen-bond donors (Lipinski definition) is 1. The lowest BCUT2D eigenvalue weighted by Crippen LogP contribution is -2.14. The van der Waals surface area contributed by atoms with Gasteiger partial charge in [-0.25, -0.2) is 8.78 Å². The van der Waals surface area contributed by atoms with Crippen LogP contribution in [-0.4, -0.2) is 12.3 Å². The molecule has 0 fully saturated rings. The van der Waals surface area contributed by atoms with Gasteiger partial charge in [0, 0.05) is 16.6 Å². The quantitative estimate of drug-likeness (QED) is 0.730. The summed E-state index contributed by atoms with van der Waals surface area (Å²) in [7, 11) is 0. The molecule has 3 aromatic rings. The molecule has 1 heterocycles. The van der Waals surface area contributed by atoms with Crippen LogP contribution in [0.3, 0.4) is 0 Å². The number of carbonyl (C=O) groups is 1. The van der Waals surface area contributed by atoms with Crippen molar-refractivity contribution in [3.05, 3.63) is 65.4 Å². The molecule has 0 aliphatic heterocycles. The molecule has 2 aromatic carbocycles. The number of benzene rings is 2. The second-order valence-corrected chi connectivity index (χ2v) is 4.98. The Hall–Kier alpha value is -2.69. The van der Waals surface area contributed by atoms with Crippen LogP contribution in [0.25, 0.3) is 11.0 Å². The van der Waals surface area contributed by atoms with E-state index in [0.717, 1.165) is 0 Å². The van der Waals surface area contributed by atoms with Gasteiger partial charge < -0.3 is 9.73 Å². The fourth-order valence-electron chi connectivity index (χ4n) is 2.29. The summed E-state index contributed by atoms with van der Waals surface area (Å²) in [6.45, 7) is 1.73. The predicted molar refractivity (Wildman–Crippen MR) is 80.1 cm³/mol. The third kappa shape index (κ3) is 2.70. The largest absolute Gasteiger partial charge is 0.453 e. The number of furan rings is 1. The van der Waals surface area contributed by atoms with E-state index in [1.54, 1.807) is 19.1 Å². The topological polar surface area (TPSA) is 42.2 Å². The molecule has 0 saturated carbocycles. The minimum atomic E-state index is -0.375. The van der Waals surface area contributed by atoms with Gasteiger partial charge in [-0.3, -0.25) is 4.79 Å². The van der Waals surface area contributed by atoms with Gasteiger partial charge in [-0.15, -0.1) is 0 Å². The molecule has 0 bridgehead atoms. The fraction of sp³-hybridized carbons (Fsp3) is 0.118. The van der Waals surface area contributed by atoms with Gasteiger partial charge in [0.05, 0.1) is 6.54 Å². The van der Waals surface area contributed by atoms with E-state index in [1.807, 2.05) is 0 Å². The van der Waals surface area contributed by atoms with E-state index in [2.05, 4.69) is 5.32 Å². The van der Waals surface area contributed by atoms with Crippen molar-refractivity contribution in [1.82, 2.24) is 0 Å². The summed E-state index contributed by atoms with van der Waals surface area (Å²) in [4.78, 5) is 12.2. The number of fused-ring (bicyclic) bond motifs is 1. The van der Waals surface area contributed by atoms with Crippen molar-refractivity contribution in [2.45, 2.75) is 6.92 Å². The van der Waals surface area contributed by atoms with Crippen LogP contribution in [0, 0.1) is 18.6 Å². The normalized spacial score (nSPS) is 10.9. The van der Waals surface area contributed by atoms with Gasteiger partial charge >= 0.3 is 0 Å². The Kier molecular flexibility index (Phi) is 3.63. The summed E-state index contributed by atoms with van der Waals surface area (Å²) >= 11 is 0. The molecule has 0 unspecified atom stereocenters. The zero-order valence-electron chi connectivity index (χ0n) is 11.8. The minimum absolute atomic E-state index is 0.00871. The molecule has 3 rings (SSSR count). The highest BCUT2D eigenvalue weighted by atomic mass is 19.1. The fourth-order valence-corrected chi connectivity index (χ4v) is 2.29. The van der Waals surface area contributed by atoms with E-state index in [9.17, 15) is 13.6 Å². The van der Waals surface area contributed by atoms with E-state index in [0.29, 0.717) is 22.2 Å². The maximum atomic E-state index is 13.3. The lowest BCUT2D eigenvalue weighted by molar-refractivity contribution is 0.0981. The van der Waals surface area contributed by atoms with Crippen LogP contribution in [0.15, 0.2) is 46.9 Å². The van der Waals surface area contributed by atoms with Gasteiger partial charge in [-0.05, 0) is 49.4 Å². The molecule has 0 aliphatic carbocycles. The van der Waals surface area contributed by atoms with Crippen molar-refractivity contribution in [2.75, 3.05) is 11.9 Å². The van der Waals surface area contributed by atoms with Crippen LogP contribution < -0.4 is 5.32 Å². The molecule has 22 heavy (non-hydrogen) atoms. The first-order valence-electron chi connectivity index (χ1n) is 6.76. The Morgan fingerprint density at radius 2 is 1.77 bits per heavy atom. The number of rotatable bonds is 4. The van der Waals surface area contributed by atoms with Crippen LogP contribution in [0.5, 0.6) is 0 Å². The lowest BCUT2D eigenvalue weighted by Gasteiger charge is -2.04. The van der Waals surface area contributed by atoms with Crippen molar-refractivity contribution in [1.29, 1.82) is 0 Å². The first-order chi connectivity index (χ1) is 10.5. The zero-order chi connectivity index (χ0) is 15.7. The molecular formula is C17H13F2NO2. The summed E-state index contributed by atoms with van der Waals surface area (Å²) in [6.07, 6.45) is 0. The molecule has 0 radical (unpaired) electrons. The highest BCUT2D eigenvalue weighted by Crippen LogP contribution is 2.26. The van der Waals surface area contributed by atoms with Gasteiger partial charge in [0.15, 0.2) is 5.76 Å². The first kappa shape index (κ1) is 14.3. The molecule has 1 N–H and O–H groups in total. The summed E-state index contributed by atoms with van der Waals surface area (Å²) in [5.74, 6) is -0.763. The van der Waals surface area contributed by atoms with Crippen LogP contribution in [0.1, 0.15) is 16.1 Å². The maximum Gasteiger partial charge on any atom is 0.217 e. The van der Waals surface area contributed by atoms with Crippen molar-refractivity contribution in [3.63, 3.8) is 0 Å². The number of aryl methyl sites for hydroxylation is 1. The van der Waals surface area contributed by atoms with E-state index in [1.165, 1.54) is 30.3 Å². The van der Waals surface area contributed by atoms with E-state index in [4.69, 9.17) is 4.42 Å². The van der Waals surface area contributed by atoms with E-state index >= 15 is 0 Å². The van der Waals surface area contributed by atoms with Crippen LogP contribution >= 0.6 is 0 Å². The van der Waals surface area contributed by atoms with Crippen LogP contribution in [-0.2, 0) is 0 Å². The Bertz CT molecular complexity index is 838. The van der Waals surface area contributed by atoms with Crippen molar-refractivity contribution in [2.24, 2.45) is 0 Å². The van der Waals surface area contributed by atoms with Crippen LogP contribution in [0.4, 0.5) is 14.5 Å².